The molecule has 0 aromatic heterocycles. The molecule has 71 heavy (non-hydrogen) atoms. The molecule has 0 aromatic rings. The summed E-state index contributed by atoms with van der Waals surface area (Å²) in [7, 11) is 0. The van der Waals surface area contributed by atoms with Gasteiger partial charge in [0.15, 0.2) is 6.10 Å². The van der Waals surface area contributed by atoms with E-state index in [1.807, 2.05) is 0 Å². The van der Waals surface area contributed by atoms with Gasteiger partial charge in [0.25, 0.3) is 0 Å². The van der Waals surface area contributed by atoms with Crippen LogP contribution in [0.5, 0.6) is 0 Å². The summed E-state index contributed by atoms with van der Waals surface area (Å²) in [6, 6.07) is 0. The largest absolute Gasteiger partial charge is 0.462 e. The van der Waals surface area contributed by atoms with E-state index in [-0.39, 0.29) is 31.1 Å². The minimum absolute atomic E-state index is 0.0867. The van der Waals surface area contributed by atoms with Crippen molar-refractivity contribution in [3.8, 4) is 0 Å². The molecule has 0 heterocycles. The Labute approximate surface area is 439 Å². The van der Waals surface area contributed by atoms with Crippen LogP contribution in [0.2, 0.25) is 0 Å². The first kappa shape index (κ1) is 67.6. The molecule has 0 aliphatic carbocycles. The molecule has 0 N–H and O–H groups in total. The lowest BCUT2D eigenvalue weighted by Gasteiger charge is -2.18. The molecule has 0 fully saturated rings. The van der Waals surface area contributed by atoms with Gasteiger partial charge in [-0.1, -0.05) is 241 Å². The topological polar surface area (TPSA) is 78.9 Å². The van der Waals surface area contributed by atoms with Gasteiger partial charge in [0.1, 0.15) is 13.2 Å². The van der Waals surface area contributed by atoms with Crippen molar-refractivity contribution in [1.29, 1.82) is 0 Å². The number of hydrogen-bond acceptors (Lipinski definition) is 6. The van der Waals surface area contributed by atoms with Crippen molar-refractivity contribution >= 4 is 17.9 Å². The normalized spacial score (nSPS) is 12.3. The fourth-order valence-corrected chi connectivity index (χ4v) is 8.34. The van der Waals surface area contributed by atoms with Crippen molar-refractivity contribution in [2.24, 2.45) is 0 Å². The molecule has 0 saturated carbocycles. The number of unbranched alkanes of at least 4 members (excludes halogenated alkanes) is 29. The van der Waals surface area contributed by atoms with E-state index < -0.39 is 6.10 Å². The van der Waals surface area contributed by atoms with Crippen LogP contribution in [0, 0.1) is 0 Å². The minimum Gasteiger partial charge on any atom is -0.462 e. The second kappa shape index (κ2) is 59.2. The molecule has 0 spiro atoms. The lowest BCUT2D eigenvalue weighted by Crippen LogP contribution is -2.30. The second-order valence-electron chi connectivity index (χ2n) is 19.9. The van der Waals surface area contributed by atoms with Crippen molar-refractivity contribution in [2.75, 3.05) is 13.2 Å². The Morgan fingerprint density at radius 1 is 0.296 bits per heavy atom. The molecule has 0 aromatic carbocycles. The molecule has 0 aliphatic heterocycles. The number of esters is 3. The zero-order valence-corrected chi connectivity index (χ0v) is 46.7. The molecule has 0 aliphatic rings. The van der Waals surface area contributed by atoms with Crippen molar-refractivity contribution in [3.05, 3.63) is 85.1 Å². The predicted octanol–water partition coefficient (Wildman–Crippen LogP) is 20.3. The molecule has 408 valence electrons. The standard InChI is InChI=1S/C65H112O6/c1-4-7-10-13-16-19-22-25-28-30-32-34-37-39-42-45-48-51-54-57-63(66)69-60-62(71-65(68)59-56-53-50-47-44-41-36-27-24-21-18-15-12-9-6-3)61-70-64(67)58-55-52-49-46-43-40-38-35-33-31-29-26-23-20-17-14-11-8-5-2/h9,12,16-21,25-29,36,62H,4-8,10-11,13-15,22-24,30-35,37-61H2,1-3H3/b12-9-,19-16-,20-17-,21-18-,28-25-,29-26-,36-27-. The summed E-state index contributed by atoms with van der Waals surface area (Å²) in [6.45, 7) is 6.48. The fourth-order valence-electron chi connectivity index (χ4n) is 8.34. The Bertz CT molecular complexity index is 1300. The zero-order chi connectivity index (χ0) is 51.4. The van der Waals surface area contributed by atoms with Crippen LogP contribution in [-0.2, 0) is 28.6 Å². The molecule has 6 nitrogen and oxygen atoms in total. The maximum absolute atomic E-state index is 12.9. The first-order valence-corrected chi connectivity index (χ1v) is 30.1. The maximum Gasteiger partial charge on any atom is 0.306 e. The van der Waals surface area contributed by atoms with Gasteiger partial charge in [-0.15, -0.1) is 0 Å². The Morgan fingerprint density at radius 3 is 0.859 bits per heavy atom. The van der Waals surface area contributed by atoms with Gasteiger partial charge in [-0.05, 0) is 116 Å². The van der Waals surface area contributed by atoms with E-state index in [2.05, 4.69) is 106 Å². The van der Waals surface area contributed by atoms with Crippen molar-refractivity contribution < 1.29 is 28.6 Å². The summed E-state index contributed by atoms with van der Waals surface area (Å²) in [5.41, 5.74) is 0. The highest BCUT2D eigenvalue weighted by molar-refractivity contribution is 5.71. The third kappa shape index (κ3) is 57.4. The first-order chi connectivity index (χ1) is 35.0. The van der Waals surface area contributed by atoms with E-state index in [4.69, 9.17) is 14.2 Å². The second-order valence-corrected chi connectivity index (χ2v) is 19.9. The van der Waals surface area contributed by atoms with Gasteiger partial charge in [0.2, 0.25) is 0 Å². The molecule has 0 unspecified atom stereocenters. The molecule has 0 radical (unpaired) electrons. The van der Waals surface area contributed by atoms with Crippen LogP contribution in [-0.4, -0.2) is 37.2 Å². The minimum atomic E-state index is -0.790. The third-order valence-corrected chi connectivity index (χ3v) is 12.9. The Balaban J connectivity index is 4.39. The zero-order valence-electron chi connectivity index (χ0n) is 46.7. The lowest BCUT2D eigenvalue weighted by atomic mass is 10.1. The number of carbonyl (C=O) groups is 3. The van der Waals surface area contributed by atoms with Crippen LogP contribution in [0.15, 0.2) is 85.1 Å². The summed E-state index contributed by atoms with van der Waals surface area (Å²) in [5.74, 6) is -0.904. The van der Waals surface area contributed by atoms with Gasteiger partial charge in [0.05, 0.1) is 0 Å². The molecule has 0 atom stereocenters. The van der Waals surface area contributed by atoms with E-state index in [9.17, 15) is 14.4 Å². The Kier molecular flexibility index (Phi) is 56.3. The molecular formula is C65H112O6. The third-order valence-electron chi connectivity index (χ3n) is 12.9. The van der Waals surface area contributed by atoms with E-state index in [0.717, 1.165) is 109 Å². The van der Waals surface area contributed by atoms with E-state index in [1.165, 1.54) is 141 Å². The Morgan fingerprint density at radius 2 is 0.549 bits per heavy atom. The van der Waals surface area contributed by atoms with E-state index in [1.54, 1.807) is 0 Å². The van der Waals surface area contributed by atoms with Crippen molar-refractivity contribution in [1.82, 2.24) is 0 Å². The summed E-state index contributed by atoms with van der Waals surface area (Å²) in [6.07, 6.45) is 77.1. The highest BCUT2D eigenvalue weighted by atomic mass is 16.6. The van der Waals surface area contributed by atoms with Gasteiger partial charge >= 0.3 is 17.9 Å². The van der Waals surface area contributed by atoms with Crippen LogP contribution < -0.4 is 0 Å². The monoisotopic (exact) mass is 989 g/mol. The number of rotatable bonds is 54. The quantitative estimate of drug-likeness (QED) is 0.0261. The summed E-state index contributed by atoms with van der Waals surface area (Å²) >= 11 is 0. The molecular weight excluding hydrogens is 877 g/mol. The van der Waals surface area contributed by atoms with Gasteiger partial charge in [0, 0.05) is 19.3 Å². The highest BCUT2D eigenvalue weighted by Gasteiger charge is 2.19. The summed E-state index contributed by atoms with van der Waals surface area (Å²) in [4.78, 5) is 38.2. The lowest BCUT2D eigenvalue weighted by molar-refractivity contribution is -0.167. The van der Waals surface area contributed by atoms with Crippen LogP contribution in [0.1, 0.15) is 290 Å². The van der Waals surface area contributed by atoms with E-state index >= 15 is 0 Å². The number of carbonyl (C=O) groups excluding carboxylic acids is 3. The number of allylic oxidation sites excluding steroid dienone is 14. The first-order valence-electron chi connectivity index (χ1n) is 30.1. The SMILES string of the molecule is CC/C=C\C/C=C\C/C=C\CCCCCCCC(=O)OC(COC(=O)CCCCCCCCCCC/C=C\C/C=C\CCCCC)COC(=O)CCCCCCCCCCC/C=C\C/C=C\CCCCC. The smallest absolute Gasteiger partial charge is 0.306 e. The van der Waals surface area contributed by atoms with Gasteiger partial charge in [-0.3, -0.25) is 14.4 Å². The molecule has 0 saturated heterocycles. The Hall–Kier alpha value is -3.41. The molecule has 0 amide bonds. The van der Waals surface area contributed by atoms with Gasteiger partial charge in [-0.25, -0.2) is 0 Å². The maximum atomic E-state index is 12.9. The molecule has 6 heteroatoms. The van der Waals surface area contributed by atoms with Crippen LogP contribution in [0.4, 0.5) is 0 Å². The average molecular weight is 990 g/mol. The molecule has 0 rings (SSSR count). The van der Waals surface area contributed by atoms with Crippen molar-refractivity contribution in [2.45, 2.75) is 297 Å². The van der Waals surface area contributed by atoms with Crippen LogP contribution >= 0.6 is 0 Å². The average Bonchev–Trinajstić information content (AvgIpc) is 3.37. The van der Waals surface area contributed by atoms with Gasteiger partial charge in [-0.2, -0.15) is 0 Å². The predicted molar refractivity (Wildman–Crippen MR) is 307 cm³/mol. The fraction of sp³-hybridized carbons (Fsp3) is 0.738. The molecule has 0 bridgehead atoms. The van der Waals surface area contributed by atoms with Crippen LogP contribution in [0.25, 0.3) is 0 Å². The van der Waals surface area contributed by atoms with Crippen LogP contribution in [0.3, 0.4) is 0 Å². The van der Waals surface area contributed by atoms with Gasteiger partial charge < -0.3 is 14.2 Å². The number of hydrogen-bond donors (Lipinski definition) is 0. The summed E-state index contributed by atoms with van der Waals surface area (Å²) in [5, 5.41) is 0. The highest BCUT2D eigenvalue weighted by Crippen LogP contribution is 2.15. The van der Waals surface area contributed by atoms with E-state index in [0.29, 0.717) is 19.3 Å². The summed E-state index contributed by atoms with van der Waals surface area (Å²) < 4.78 is 16.9. The van der Waals surface area contributed by atoms with Crippen molar-refractivity contribution in [3.63, 3.8) is 0 Å². The number of ether oxygens (including phenoxy) is 3.